The third-order valence-corrected chi connectivity index (χ3v) is 4.13. The lowest BCUT2D eigenvalue weighted by Crippen LogP contribution is -2.53. The minimum Gasteiger partial charge on any atom is -0.368 e. The number of nitrogens with zero attached hydrogens (tertiary/aromatic N) is 4. The van der Waals surface area contributed by atoms with E-state index in [1.165, 1.54) is 0 Å². The summed E-state index contributed by atoms with van der Waals surface area (Å²) in [6.07, 6.45) is 0. The van der Waals surface area contributed by atoms with Crippen molar-refractivity contribution in [3.63, 3.8) is 0 Å². The molecule has 0 unspecified atom stereocenters. The molecular weight excluding hydrogens is 262 g/mol. The SMILES string of the molecule is CC(C)(C)N1CCN(c2nc(N)nc3ccccc23)CC1. The normalized spacial score (nSPS) is 17.4. The Hall–Kier alpha value is -1.88. The van der Waals surface area contributed by atoms with Gasteiger partial charge in [-0.25, -0.2) is 4.98 Å². The van der Waals surface area contributed by atoms with Gasteiger partial charge in [-0.05, 0) is 32.9 Å². The monoisotopic (exact) mass is 285 g/mol. The van der Waals surface area contributed by atoms with Crippen LogP contribution in [0.5, 0.6) is 0 Å². The Bertz CT molecular complexity index is 639. The number of fused-ring (bicyclic) bond motifs is 1. The van der Waals surface area contributed by atoms with Gasteiger partial charge in [-0.2, -0.15) is 4.98 Å². The second kappa shape index (κ2) is 5.15. The van der Waals surface area contributed by atoms with Crippen molar-refractivity contribution in [1.29, 1.82) is 0 Å². The maximum absolute atomic E-state index is 5.87. The molecule has 1 fully saturated rings. The highest BCUT2D eigenvalue weighted by molar-refractivity contribution is 5.90. The third kappa shape index (κ3) is 2.78. The Morgan fingerprint density at radius 3 is 2.33 bits per heavy atom. The summed E-state index contributed by atoms with van der Waals surface area (Å²) in [6.45, 7) is 10.8. The molecule has 0 saturated carbocycles. The minimum atomic E-state index is 0.221. The predicted octanol–water partition coefficient (Wildman–Crippen LogP) is 2.13. The number of hydrogen-bond acceptors (Lipinski definition) is 5. The molecule has 1 saturated heterocycles. The molecule has 5 nitrogen and oxygen atoms in total. The lowest BCUT2D eigenvalue weighted by molar-refractivity contribution is 0.128. The molecule has 0 atom stereocenters. The molecule has 3 rings (SSSR count). The zero-order valence-electron chi connectivity index (χ0n) is 13.0. The van der Waals surface area contributed by atoms with Gasteiger partial charge in [0.2, 0.25) is 5.95 Å². The molecular formula is C16H23N5. The van der Waals surface area contributed by atoms with E-state index in [0.717, 1.165) is 42.9 Å². The van der Waals surface area contributed by atoms with Gasteiger partial charge in [0.25, 0.3) is 0 Å². The van der Waals surface area contributed by atoms with Crippen LogP contribution in [0.4, 0.5) is 11.8 Å². The molecule has 0 amide bonds. The summed E-state index contributed by atoms with van der Waals surface area (Å²) in [6, 6.07) is 8.06. The molecule has 2 N–H and O–H groups in total. The fraction of sp³-hybridized carbons (Fsp3) is 0.500. The lowest BCUT2D eigenvalue weighted by Gasteiger charge is -2.42. The quantitative estimate of drug-likeness (QED) is 0.870. The average Bonchev–Trinajstić information content (AvgIpc) is 2.45. The van der Waals surface area contributed by atoms with Crippen molar-refractivity contribution in [1.82, 2.24) is 14.9 Å². The number of nitrogen functional groups attached to an aromatic ring is 1. The smallest absolute Gasteiger partial charge is 0.222 e. The highest BCUT2D eigenvalue weighted by Crippen LogP contribution is 2.26. The molecule has 21 heavy (non-hydrogen) atoms. The van der Waals surface area contributed by atoms with Crippen LogP contribution in [-0.2, 0) is 0 Å². The number of hydrogen-bond donors (Lipinski definition) is 1. The molecule has 0 aliphatic carbocycles. The molecule has 2 heterocycles. The van der Waals surface area contributed by atoms with Crippen molar-refractivity contribution < 1.29 is 0 Å². The Labute approximate surface area is 125 Å². The number of rotatable bonds is 1. The lowest BCUT2D eigenvalue weighted by atomic mass is 10.0. The van der Waals surface area contributed by atoms with E-state index in [2.05, 4.69) is 46.6 Å². The first kappa shape index (κ1) is 14.1. The van der Waals surface area contributed by atoms with E-state index in [4.69, 9.17) is 5.73 Å². The van der Waals surface area contributed by atoms with Gasteiger partial charge in [-0.15, -0.1) is 0 Å². The molecule has 2 aromatic rings. The van der Waals surface area contributed by atoms with Crippen LogP contribution < -0.4 is 10.6 Å². The van der Waals surface area contributed by atoms with Crippen LogP contribution in [0, 0.1) is 0 Å². The van der Waals surface area contributed by atoms with E-state index < -0.39 is 0 Å². The van der Waals surface area contributed by atoms with Gasteiger partial charge in [0.1, 0.15) is 5.82 Å². The van der Waals surface area contributed by atoms with Crippen LogP contribution in [0.1, 0.15) is 20.8 Å². The summed E-state index contributed by atoms with van der Waals surface area (Å²) in [4.78, 5) is 13.6. The molecule has 1 aliphatic rings. The first-order chi connectivity index (χ1) is 9.95. The molecule has 0 spiro atoms. The number of aromatic nitrogens is 2. The maximum Gasteiger partial charge on any atom is 0.222 e. The van der Waals surface area contributed by atoms with E-state index in [0.29, 0.717) is 5.95 Å². The standard InChI is InChI=1S/C16H23N5/c1-16(2,3)21-10-8-20(9-11-21)14-12-6-4-5-7-13(12)18-15(17)19-14/h4-7H,8-11H2,1-3H3,(H2,17,18,19). The van der Waals surface area contributed by atoms with Crippen molar-refractivity contribution in [2.24, 2.45) is 0 Å². The van der Waals surface area contributed by atoms with Crippen LogP contribution in [0.3, 0.4) is 0 Å². The van der Waals surface area contributed by atoms with Gasteiger partial charge >= 0.3 is 0 Å². The largest absolute Gasteiger partial charge is 0.368 e. The van der Waals surface area contributed by atoms with Crippen molar-refractivity contribution in [2.45, 2.75) is 26.3 Å². The average molecular weight is 285 g/mol. The van der Waals surface area contributed by atoms with Crippen LogP contribution in [0.15, 0.2) is 24.3 Å². The molecule has 0 bridgehead atoms. The predicted molar refractivity (Wildman–Crippen MR) is 87.5 cm³/mol. The first-order valence-electron chi connectivity index (χ1n) is 7.47. The highest BCUT2D eigenvalue weighted by Gasteiger charge is 2.27. The van der Waals surface area contributed by atoms with E-state index >= 15 is 0 Å². The molecule has 1 aromatic carbocycles. The Morgan fingerprint density at radius 2 is 1.67 bits per heavy atom. The summed E-state index contributed by atoms with van der Waals surface area (Å²) >= 11 is 0. The Balaban J connectivity index is 1.89. The first-order valence-corrected chi connectivity index (χ1v) is 7.47. The van der Waals surface area contributed by atoms with Crippen molar-refractivity contribution in [2.75, 3.05) is 36.8 Å². The van der Waals surface area contributed by atoms with Crippen LogP contribution >= 0.6 is 0 Å². The second-order valence-electron chi connectivity index (χ2n) is 6.57. The zero-order valence-corrected chi connectivity index (χ0v) is 13.0. The van der Waals surface area contributed by atoms with E-state index in [9.17, 15) is 0 Å². The second-order valence-corrected chi connectivity index (χ2v) is 6.57. The molecule has 0 radical (unpaired) electrons. The van der Waals surface area contributed by atoms with E-state index in [1.807, 2.05) is 18.2 Å². The number of para-hydroxylation sites is 1. The summed E-state index contributed by atoms with van der Waals surface area (Å²) < 4.78 is 0. The third-order valence-electron chi connectivity index (χ3n) is 4.13. The summed E-state index contributed by atoms with van der Waals surface area (Å²) in [5, 5.41) is 1.08. The van der Waals surface area contributed by atoms with E-state index in [1.54, 1.807) is 0 Å². The number of piperazine rings is 1. The van der Waals surface area contributed by atoms with Gasteiger partial charge in [0, 0.05) is 37.1 Å². The Kier molecular flexibility index (Phi) is 3.45. The van der Waals surface area contributed by atoms with Gasteiger partial charge in [-0.3, -0.25) is 4.90 Å². The summed E-state index contributed by atoms with van der Waals surface area (Å²) in [5.74, 6) is 1.31. The van der Waals surface area contributed by atoms with E-state index in [-0.39, 0.29) is 5.54 Å². The number of nitrogens with two attached hydrogens (primary N) is 1. The van der Waals surface area contributed by atoms with Crippen molar-refractivity contribution in [3.05, 3.63) is 24.3 Å². The molecule has 1 aliphatic heterocycles. The summed E-state index contributed by atoms with van der Waals surface area (Å²) in [7, 11) is 0. The molecule has 112 valence electrons. The van der Waals surface area contributed by atoms with Crippen molar-refractivity contribution >= 4 is 22.7 Å². The van der Waals surface area contributed by atoms with Crippen LogP contribution in [-0.4, -0.2) is 46.6 Å². The zero-order chi connectivity index (χ0) is 15.0. The fourth-order valence-corrected chi connectivity index (χ4v) is 2.91. The summed E-state index contributed by atoms with van der Waals surface area (Å²) in [5.41, 5.74) is 7.00. The molecule has 5 heteroatoms. The van der Waals surface area contributed by atoms with Gasteiger partial charge < -0.3 is 10.6 Å². The van der Waals surface area contributed by atoms with Crippen molar-refractivity contribution in [3.8, 4) is 0 Å². The highest BCUT2D eigenvalue weighted by atomic mass is 15.3. The number of benzene rings is 1. The van der Waals surface area contributed by atoms with Crippen LogP contribution in [0.2, 0.25) is 0 Å². The maximum atomic E-state index is 5.87. The van der Waals surface area contributed by atoms with Gasteiger partial charge in [-0.1, -0.05) is 12.1 Å². The Morgan fingerprint density at radius 1 is 1.00 bits per heavy atom. The van der Waals surface area contributed by atoms with Gasteiger partial charge in [0.05, 0.1) is 5.52 Å². The van der Waals surface area contributed by atoms with Crippen LogP contribution in [0.25, 0.3) is 10.9 Å². The minimum absolute atomic E-state index is 0.221. The fourth-order valence-electron chi connectivity index (χ4n) is 2.91. The topological polar surface area (TPSA) is 58.3 Å². The van der Waals surface area contributed by atoms with Gasteiger partial charge in [0.15, 0.2) is 0 Å². The number of anilines is 2. The molecule has 1 aromatic heterocycles.